The molecule has 0 fully saturated rings. The summed E-state index contributed by atoms with van der Waals surface area (Å²) in [5, 5.41) is 10.3. The van der Waals surface area contributed by atoms with Crippen molar-refractivity contribution in [3.05, 3.63) is 53.1 Å². The smallest absolute Gasteiger partial charge is 0.139 e. The number of nitrogens with zero attached hydrogens (tertiary/aromatic N) is 1. The number of para-hydroxylation sites is 1. The Kier molecular flexibility index (Phi) is 4.17. The van der Waals surface area contributed by atoms with Crippen molar-refractivity contribution in [2.45, 2.75) is 6.54 Å². The molecule has 1 N–H and O–H groups in total. The third-order valence-electron chi connectivity index (χ3n) is 2.97. The van der Waals surface area contributed by atoms with Crippen LogP contribution in [0.15, 0.2) is 42.5 Å². The predicted octanol–water partition coefficient (Wildman–Crippen LogP) is 3.69. The Morgan fingerprint density at radius 3 is 2.68 bits per heavy atom. The van der Waals surface area contributed by atoms with Crippen molar-refractivity contribution in [1.82, 2.24) is 0 Å². The highest BCUT2D eigenvalue weighted by Gasteiger charge is 2.09. The van der Waals surface area contributed by atoms with Gasteiger partial charge < -0.3 is 14.7 Å². The van der Waals surface area contributed by atoms with E-state index >= 15 is 0 Å². The van der Waals surface area contributed by atoms with Crippen LogP contribution in [0.25, 0.3) is 0 Å². The van der Waals surface area contributed by atoms with Crippen LogP contribution in [0, 0.1) is 0 Å². The van der Waals surface area contributed by atoms with Gasteiger partial charge in [0, 0.05) is 30.9 Å². The summed E-state index contributed by atoms with van der Waals surface area (Å²) in [6.07, 6.45) is 0. The Labute approximate surface area is 118 Å². The number of ether oxygens (including phenoxy) is 1. The molecule has 0 bridgehead atoms. The number of anilines is 1. The zero-order valence-electron chi connectivity index (χ0n) is 10.9. The number of benzene rings is 2. The molecule has 100 valence electrons. The lowest BCUT2D eigenvalue weighted by Gasteiger charge is -2.20. The predicted molar refractivity (Wildman–Crippen MR) is 78.2 cm³/mol. The fraction of sp³-hybridized carbons (Fsp3) is 0.200. The van der Waals surface area contributed by atoms with Gasteiger partial charge in [-0.05, 0) is 18.2 Å². The summed E-state index contributed by atoms with van der Waals surface area (Å²) in [7, 11) is 3.59. The summed E-state index contributed by atoms with van der Waals surface area (Å²) in [5.74, 6) is 0.943. The molecule has 0 spiro atoms. The van der Waals surface area contributed by atoms with Crippen LogP contribution in [-0.4, -0.2) is 19.3 Å². The van der Waals surface area contributed by atoms with Crippen LogP contribution in [0.5, 0.6) is 11.5 Å². The number of rotatable bonds is 4. The summed E-state index contributed by atoms with van der Waals surface area (Å²) in [6.45, 7) is 0.569. The van der Waals surface area contributed by atoms with Gasteiger partial charge in [0.1, 0.15) is 11.5 Å². The fourth-order valence-electron chi connectivity index (χ4n) is 1.88. The monoisotopic (exact) mass is 277 g/mol. The lowest BCUT2D eigenvalue weighted by atomic mass is 10.2. The minimum Gasteiger partial charge on any atom is -0.506 e. The number of aromatic hydroxyl groups is 1. The average molecular weight is 278 g/mol. The van der Waals surface area contributed by atoms with E-state index in [1.807, 2.05) is 48.3 Å². The van der Waals surface area contributed by atoms with Crippen LogP contribution >= 0.6 is 11.6 Å². The molecule has 0 amide bonds. The number of hydrogen-bond acceptors (Lipinski definition) is 3. The minimum absolute atomic E-state index is 0.138. The first-order chi connectivity index (χ1) is 9.11. The number of phenols is 1. The maximum absolute atomic E-state index is 9.91. The highest BCUT2D eigenvalue weighted by Crippen LogP contribution is 2.29. The molecule has 0 aliphatic rings. The molecule has 2 aromatic rings. The van der Waals surface area contributed by atoms with E-state index in [-0.39, 0.29) is 5.75 Å². The Bertz CT molecular complexity index is 572. The van der Waals surface area contributed by atoms with Gasteiger partial charge in [0.25, 0.3) is 0 Å². The lowest BCUT2D eigenvalue weighted by molar-refractivity contribution is 0.415. The van der Waals surface area contributed by atoms with E-state index in [9.17, 15) is 5.11 Å². The van der Waals surface area contributed by atoms with Crippen molar-refractivity contribution in [1.29, 1.82) is 0 Å². The summed E-state index contributed by atoms with van der Waals surface area (Å²) in [4.78, 5) is 2.02. The molecule has 2 aromatic carbocycles. The van der Waals surface area contributed by atoms with Crippen molar-refractivity contribution >= 4 is 17.3 Å². The summed E-state index contributed by atoms with van der Waals surface area (Å²) in [5.41, 5.74) is 1.80. The average Bonchev–Trinajstić information content (AvgIpc) is 2.44. The number of halogens is 1. The van der Waals surface area contributed by atoms with Gasteiger partial charge in [0.05, 0.1) is 12.1 Å². The third-order valence-corrected chi connectivity index (χ3v) is 3.28. The molecule has 0 saturated carbocycles. The molecule has 4 heteroatoms. The Balaban J connectivity index is 2.20. The lowest BCUT2D eigenvalue weighted by Crippen LogP contribution is -2.16. The van der Waals surface area contributed by atoms with E-state index in [2.05, 4.69) is 0 Å². The van der Waals surface area contributed by atoms with E-state index < -0.39 is 0 Å². The standard InChI is InChI=1S/C15H16ClNO2/c1-17(12-6-4-7-13(9-12)19-2)10-11-5-3-8-14(16)15(11)18/h3-9,18H,10H2,1-2H3. The van der Waals surface area contributed by atoms with Crippen LogP contribution < -0.4 is 9.64 Å². The van der Waals surface area contributed by atoms with Crippen molar-refractivity contribution in [2.75, 3.05) is 19.1 Å². The maximum Gasteiger partial charge on any atom is 0.139 e. The first kappa shape index (κ1) is 13.6. The van der Waals surface area contributed by atoms with E-state index in [0.717, 1.165) is 17.0 Å². The first-order valence-corrected chi connectivity index (χ1v) is 6.31. The van der Waals surface area contributed by atoms with Crippen LogP contribution in [0.1, 0.15) is 5.56 Å². The van der Waals surface area contributed by atoms with E-state index in [4.69, 9.17) is 16.3 Å². The number of hydrogen-bond donors (Lipinski definition) is 1. The second-order valence-electron chi connectivity index (χ2n) is 4.31. The van der Waals surface area contributed by atoms with Gasteiger partial charge in [-0.3, -0.25) is 0 Å². The largest absolute Gasteiger partial charge is 0.506 e. The zero-order chi connectivity index (χ0) is 13.8. The van der Waals surface area contributed by atoms with Crippen molar-refractivity contribution in [2.24, 2.45) is 0 Å². The van der Waals surface area contributed by atoms with Crippen LogP contribution in [0.2, 0.25) is 5.02 Å². The third kappa shape index (κ3) is 3.12. The zero-order valence-corrected chi connectivity index (χ0v) is 11.7. The molecule has 0 unspecified atom stereocenters. The topological polar surface area (TPSA) is 32.7 Å². The Morgan fingerprint density at radius 2 is 1.95 bits per heavy atom. The molecular weight excluding hydrogens is 262 g/mol. The SMILES string of the molecule is COc1cccc(N(C)Cc2cccc(Cl)c2O)c1. The van der Waals surface area contributed by atoms with Crippen LogP contribution in [0.3, 0.4) is 0 Å². The molecule has 0 aromatic heterocycles. The molecule has 2 rings (SSSR count). The summed E-state index contributed by atoms with van der Waals surface area (Å²) < 4.78 is 5.20. The molecule has 19 heavy (non-hydrogen) atoms. The maximum atomic E-state index is 9.91. The van der Waals surface area contributed by atoms with Crippen LogP contribution in [-0.2, 0) is 6.54 Å². The normalized spacial score (nSPS) is 10.3. The molecule has 0 aliphatic carbocycles. The van der Waals surface area contributed by atoms with Gasteiger partial charge in [-0.2, -0.15) is 0 Å². The summed E-state index contributed by atoms with van der Waals surface area (Å²) >= 11 is 5.90. The van der Waals surface area contributed by atoms with E-state index in [1.54, 1.807) is 13.2 Å². The van der Waals surface area contributed by atoms with Crippen molar-refractivity contribution in [3.8, 4) is 11.5 Å². The number of phenolic OH excluding ortho intramolecular Hbond substituents is 1. The second kappa shape index (κ2) is 5.85. The van der Waals surface area contributed by atoms with E-state index in [1.165, 1.54) is 0 Å². The Hall–Kier alpha value is -1.87. The molecule has 0 saturated heterocycles. The minimum atomic E-state index is 0.138. The number of methoxy groups -OCH3 is 1. The van der Waals surface area contributed by atoms with E-state index in [0.29, 0.717) is 11.6 Å². The van der Waals surface area contributed by atoms with Crippen LogP contribution in [0.4, 0.5) is 5.69 Å². The van der Waals surface area contributed by atoms with Gasteiger partial charge in [-0.1, -0.05) is 29.8 Å². The molecular formula is C15H16ClNO2. The highest BCUT2D eigenvalue weighted by atomic mass is 35.5. The van der Waals surface area contributed by atoms with Gasteiger partial charge in [0.15, 0.2) is 0 Å². The molecule has 3 nitrogen and oxygen atoms in total. The van der Waals surface area contributed by atoms with Gasteiger partial charge in [-0.25, -0.2) is 0 Å². The Morgan fingerprint density at radius 1 is 1.21 bits per heavy atom. The molecule has 0 heterocycles. The quantitative estimate of drug-likeness (QED) is 0.925. The van der Waals surface area contributed by atoms with Crippen molar-refractivity contribution in [3.63, 3.8) is 0 Å². The molecule has 0 aliphatic heterocycles. The van der Waals surface area contributed by atoms with Gasteiger partial charge in [0.2, 0.25) is 0 Å². The second-order valence-corrected chi connectivity index (χ2v) is 4.71. The van der Waals surface area contributed by atoms with Gasteiger partial charge in [-0.15, -0.1) is 0 Å². The fourth-order valence-corrected chi connectivity index (χ4v) is 2.08. The molecule has 0 atom stereocenters. The highest BCUT2D eigenvalue weighted by molar-refractivity contribution is 6.32. The van der Waals surface area contributed by atoms with Gasteiger partial charge >= 0.3 is 0 Å². The molecule has 0 radical (unpaired) electrons. The van der Waals surface area contributed by atoms with Crippen molar-refractivity contribution < 1.29 is 9.84 Å². The first-order valence-electron chi connectivity index (χ1n) is 5.93. The summed E-state index contributed by atoms with van der Waals surface area (Å²) in [6, 6.07) is 13.1.